The number of nitro groups is 1. The van der Waals surface area contributed by atoms with Crippen LogP contribution in [-0.2, 0) is 12.8 Å². The molecule has 0 fully saturated rings. The summed E-state index contributed by atoms with van der Waals surface area (Å²) in [5, 5.41) is 13.6. The van der Waals surface area contributed by atoms with Gasteiger partial charge in [-0.05, 0) is 25.3 Å². The molecule has 1 amide bonds. The molecule has 0 unspecified atom stereocenters. The van der Waals surface area contributed by atoms with E-state index in [2.05, 4.69) is 10.3 Å². The molecule has 2 aromatic heterocycles. The minimum absolute atomic E-state index is 0.119. The number of hydrogen-bond donors (Lipinski definition) is 2. The molecule has 0 aliphatic heterocycles. The van der Waals surface area contributed by atoms with Gasteiger partial charge in [0.1, 0.15) is 4.92 Å². The molecule has 2 heterocycles. The zero-order chi connectivity index (χ0) is 15.0. The van der Waals surface area contributed by atoms with Crippen molar-refractivity contribution in [2.24, 2.45) is 5.73 Å². The molecule has 0 spiro atoms. The van der Waals surface area contributed by atoms with E-state index >= 15 is 0 Å². The van der Waals surface area contributed by atoms with E-state index in [9.17, 15) is 14.9 Å². The summed E-state index contributed by atoms with van der Waals surface area (Å²) in [6.07, 6.45) is 2.44. The zero-order valence-corrected chi connectivity index (χ0v) is 11.7. The molecule has 21 heavy (non-hydrogen) atoms. The van der Waals surface area contributed by atoms with Gasteiger partial charge in [-0.1, -0.05) is 0 Å². The number of thiazole rings is 1. The SMILES string of the molecule is N[C@H]1CCc2nc(NC(=O)c3ccc([N+](=O)[O-])o3)sc2C1. The lowest BCUT2D eigenvalue weighted by molar-refractivity contribution is -0.402. The quantitative estimate of drug-likeness (QED) is 0.657. The molecule has 0 saturated carbocycles. The van der Waals surface area contributed by atoms with Crippen LogP contribution in [-0.4, -0.2) is 21.9 Å². The molecule has 1 aliphatic carbocycles. The Kier molecular flexibility index (Phi) is 3.43. The zero-order valence-electron chi connectivity index (χ0n) is 10.9. The van der Waals surface area contributed by atoms with Gasteiger partial charge in [-0.3, -0.25) is 20.2 Å². The highest BCUT2D eigenvalue weighted by Crippen LogP contribution is 2.29. The van der Waals surface area contributed by atoms with Crippen molar-refractivity contribution in [2.45, 2.75) is 25.3 Å². The maximum absolute atomic E-state index is 11.9. The first-order chi connectivity index (χ1) is 10.0. The smallest absolute Gasteiger partial charge is 0.395 e. The van der Waals surface area contributed by atoms with Crippen LogP contribution < -0.4 is 11.1 Å². The third kappa shape index (κ3) is 2.78. The molecule has 8 nitrogen and oxygen atoms in total. The number of rotatable bonds is 3. The number of carbonyl (C=O) groups is 1. The molecule has 2 aromatic rings. The van der Waals surface area contributed by atoms with E-state index < -0.39 is 16.7 Å². The Balaban J connectivity index is 1.74. The molecule has 3 rings (SSSR count). The van der Waals surface area contributed by atoms with Crippen molar-refractivity contribution in [3.05, 3.63) is 38.6 Å². The highest BCUT2D eigenvalue weighted by molar-refractivity contribution is 7.15. The Morgan fingerprint density at radius 2 is 2.38 bits per heavy atom. The normalized spacial score (nSPS) is 17.3. The molecule has 0 aromatic carbocycles. The third-order valence-corrected chi connectivity index (χ3v) is 4.23. The van der Waals surface area contributed by atoms with Crippen LogP contribution >= 0.6 is 11.3 Å². The first-order valence-corrected chi connectivity index (χ1v) is 7.14. The van der Waals surface area contributed by atoms with Crippen molar-refractivity contribution < 1.29 is 14.1 Å². The summed E-state index contributed by atoms with van der Waals surface area (Å²) in [5.41, 5.74) is 6.86. The highest BCUT2D eigenvalue weighted by Gasteiger charge is 2.22. The lowest BCUT2D eigenvalue weighted by Crippen LogP contribution is -2.27. The molecule has 9 heteroatoms. The number of aryl methyl sites for hydroxylation is 1. The number of nitrogens with zero attached hydrogens (tertiary/aromatic N) is 2. The van der Waals surface area contributed by atoms with Crippen molar-refractivity contribution >= 4 is 28.3 Å². The lowest BCUT2D eigenvalue weighted by Gasteiger charge is -2.15. The Morgan fingerprint density at radius 3 is 3.10 bits per heavy atom. The first kappa shape index (κ1) is 13.7. The maximum atomic E-state index is 11.9. The number of nitrogens with two attached hydrogens (primary N) is 1. The third-order valence-electron chi connectivity index (χ3n) is 3.19. The van der Waals surface area contributed by atoms with Gasteiger partial charge in [0.05, 0.1) is 11.8 Å². The van der Waals surface area contributed by atoms with Crippen LogP contribution in [0.5, 0.6) is 0 Å². The van der Waals surface area contributed by atoms with Crippen molar-refractivity contribution in [1.82, 2.24) is 4.98 Å². The standard InChI is InChI=1S/C12H12N4O4S/c13-6-1-2-7-9(5-6)21-12(14-7)15-11(17)8-3-4-10(20-8)16(18)19/h3-4,6H,1-2,5,13H2,(H,14,15,17)/t6-/m0/s1. The van der Waals surface area contributed by atoms with Gasteiger partial charge in [0, 0.05) is 10.9 Å². The van der Waals surface area contributed by atoms with Crippen molar-refractivity contribution in [1.29, 1.82) is 0 Å². The number of fused-ring (bicyclic) bond motifs is 1. The molecule has 0 radical (unpaired) electrons. The van der Waals surface area contributed by atoms with Crippen molar-refractivity contribution in [3.8, 4) is 0 Å². The molecule has 1 aliphatic rings. The molecule has 110 valence electrons. The summed E-state index contributed by atoms with van der Waals surface area (Å²) in [7, 11) is 0. The van der Waals surface area contributed by atoms with Crippen LogP contribution in [0.25, 0.3) is 0 Å². The summed E-state index contributed by atoms with van der Waals surface area (Å²) in [5.74, 6) is -1.14. The number of hydrogen-bond acceptors (Lipinski definition) is 7. The van der Waals surface area contributed by atoms with Gasteiger partial charge in [0.2, 0.25) is 0 Å². The average Bonchev–Trinajstić information content (AvgIpc) is 3.03. The Hall–Kier alpha value is -2.26. The molecule has 0 saturated heterocycles. The van der Waals surface area contributed by atoms with Crippen LogP contribution in [0.4, 0.5) is 11.0 Å². The van der Waals surface area contributed by atoms with Gasteiger partial charge in [-0.2, -0.15) is 0 Å². The van der Waals surface area contributed by atoms with Gasteiger partial charge in [-0.25, -0.2) is 4.98 Å². The Labute approximate surface area is 123 Å². The van der Waals surface area contributed by atoms with Gasteiger partial charge < -0.3 is 10.2 Å². The van der Waals surface area contributed by atoms with E-state index in [0.717, 1.165) is 35.9 Å². The first-order valence-electron chi connectivity index (χ1n) is 6.32. The van der Waals surface area contributed by atoms with E-state index in [0.29, 0.717) is 5.13 Å². The van der Waals surface area contributed by atoms with Crippen LogP contribution in [0, 0.1) is 10.1 Å². The van der Waals surface area contributed by atoms with Crippen LogP contribution in [0.1, 0.15) is 27.5 Å². The van der Waals surface area contributed by atoms with Gasteiger partial charge in [0.25, 0.3) is 5.91 Å². The fourth-order valence-electron chi connectivity index (χ4n) is 2.16. The number of anilines is 1. The summed E-state index contributed by atoms with van der Waals surface area (Å²) in [4.78, 5) is 27.2. The second-order valence-electron chi connectivity index (χ2n) is 4.74. The van der Waals surface area contributed by atoms with Crippen molar-refractivity contribution in [2.75, 3.05) is 5.32 Å². The molecule has 0 bridgehead atoms. The summed E-state index contributed by atoms with van der Waals surface area (Å²) >= 11 is 1.38. The average molecular weight is 308 g/mol. The second-order valence-corrected chi connectivity index (χ2v) is 5.82. The van der Waals surface area contributed by atoms with Crippen LogP contribution in [0.15, 0.2) is 16.5 Å². The summed E-state index contributed by atoms with van der Waals surface area (Å²) < 4.78 is 4.84. The monoisotopic (exact) mass is 308 g/mol. The Bertz CT molecular complexity index is 708. The molecular formula is C12H12N4O4S. The number of furan rings is 1. The maximum Gasteiger partial charge on any atom is 0.433 e. The lowest BCUT2D eigenvalue weighted by atomic mass is 9.99. The molecule has 1 atom stereocenters. The minimum Gasteiger partial charge on any atom is -0.395 e. The minimum atomic E-state index is -0.694. The molecule has 3 N–H and O–H groups in total. The number of aromatic nitrogens is 1. The topological polar surface area (TPSA) is 124 Å². The van der Waals surface area contributed by atoms with E-state index in [-0.39, 0.29) is 11.8 Å². The predicted molar refractivity (Wildman–Crippen MR) is 75.4 cm³/mol. The highest BCUT2D eigenvalue weighted by atomic mass is 32.1. The largest absolute Gasteiger partial charge is 0.433 e. The van der Waals surface area contributed by atoms with E-state index in [1.807, 2.05) is 0 Å². The van der Waals surface area contributed by atoms with Gasteiger partial charge in [0.15, 0.2) is 10.9 Å². The van der Waals surface area contributed by atoms with Gasteiger partial charge >= 0.3 is 5.88 Å². The van der Waals surface area contributed by atoms with Crippen LogP contribution in [0.2, 0.25) is 0 Å². The summed E-state index contributed by atoms with van der Waals surface area (Å²) in [6, 6.07) is 2.53. The molecular weight excluding hydrogens is 296 g/mol. The van der Waals surface area contributed by atoms with E-state index in [1.54, 1.807) is 0 Å². The number of carbonyl (C=O) groups excluding carboxylic acids is 1. The van der Waals surface area contributed by atoms with Gasteiger partial charge in [-0.15, -0.1) is 11.3 Å². The fourth-order valence-corrected chi connectivity index (χ4v) is 3.26. The second kappa shape index (κ2) is 5.26. The van der Waals surface area contributed by atoms with Crippen molar-refractivity contribution in [3.63, 3.8) is 0 Å². The number of nitrogens with one attached hydrogen (secondary N) is 1. The fraction of sp³-hybridized carbons (Fsp3) is 0.333. The predicted octanol–water partition coefficient (Wildman–Crippen LogP) is 1.71. The Morgan fingerprint density at radius 1 is 1.57 bits per heavy atom. The van der Waals surface area contributed by atoms with E-state index in [1.165, 1.54) is 17.4 Å². The van der Waals surface area contributed by atoms with Crippen LogP contribution in [0.3, 0.4) is 0 Å². The summed E-state index contributed by atoms with van der Waals surface area (Å²) in [6.45, 7) is 0. The number of amides is 1. The van der Waals surface area contributed by atoms with E-state index in [4.69, 9.17) is 10.2 Å².